The highest BCUT2D eigenvalue weighted by Crippen LogP contribution is 2.28. The molecule has 0 aliphatic rings. The summed E-state index contributed by atoms with van der Waals surface area (Å²) in [6.45, 7) is 0. The number of benzene rings is 2. The number of rotatable bonds is 1. The lowest BCUT2D eigenvalue weighted by molar-refractivity contribution is 0.476. The van der Waals surface area contributed by atoms with E-state index in [1.807, 2.05) is 36.5 Å². The van der Waals surface area contributed by atoms with Gasteiger partial charge in [0.05, 0.1) is 5.52 Å². The predicted molar refractivity (Wildman–Crippen MR) is 83.5 cm³/mol. The topological polar surface area (TPSA) is 68.9 Å². The van der Waals surface area contributed by atoms with E-state index >= 15 is 0 Å². The molecule has 0 unspecified atom stereocenters. The van der Waals surface area contributed by atoms with Gasteiger partial charge in [-0.15, -0.1) is 0 Å². The zero-order valence-corrected chi connectivity index (χ0v) is 11.1. The van der Waals surface area contributed by atoms with Gasteiger partial charge in [0.15, 0.2) is 0 Å². The molecule has 0 spiro atoms. The standard InChI is InChI=1S/C17H12N2O2/c20-11-6-5-10-7-13(17(21)19-16(10)8-11)14-9-18-15-4-2-1-3-12(14)15/h1-9,18,20H,(H,19,21). The molecule has 2 aromatic heterocycles. The smallest absolute Gasteiger partial charge is 0.256 e. The van der Waals surface area contributed by atoms with Crippen LogP contribution in [0.15, 0.2) is 59.5 Å². The van der Waals surface area contributed by atoms with Crippen molar-refractivity contribution in [1.29, 1.82) is 0 Å². The Morgan fingerprint density at radius 1 is 0.905 bits per heavy atom. The average Bonchev–Trinajstić information content (AvgIpc) is 2.90. The van der Waals surface area contributed by atoms with Crippen LogP contribution in [0, 0.1) is 0 Å². The molecule has 0 saturated heterocycles. The molecule has 2 heterocycles. The number of para-hydroxylation sites is 1. The molecule has 0 bridgehead atoms. The summed E-state index contributed by atoms with van der Waals surface area (Å²) in [6.07, 6.45) is 1.85. The number of hydrogen-bond acceptors (Lipinski definition) is 2. The van der Waals surface area contributed by atoms with Gasteiger partial charge in [0.1, 0.15) is 5.75 Å². The molecule has 21 heavy (non-hydrogen) atoms. The zero-order valence-electron chi connectivity index (χ0n) is 11.1. The van der Waals surface area contributed by atoms with Crippen LogP contribution in [0.5, 0.6) is 5.75 Å². The number of hydrogen-bond donors (Lipinski definition) is 3. The second-order valence-electron chi connectivity index (χ2n) is 5.03. The minimum atomic E-state index is -0.169. The largest absolute Gasteiger partial charge is 0.508 e. The molecule has 3 N–H and O–H groups in total. The van der Waals surface area contributed by atoms with Gasteiger partial charge in [-0.25, -0.2) is 0 Å². The van der Waals surface area contributed by atoms with Crippen LogP contribution in [-0.2, 0) is 0 Å². The van der Waals surface area contributed by atoms with Gasteiger partial charge in [-0.2, -0.15) is 0 Å². The van der Waals surface area contributed by atoms with Gasteiger partial charge in [0.2, 0.25) is 0 Å². The third-order valence-electron chi connectivity index (χ3n) is 3.71. The van der Waals surface area contributed by atoms with E-state index in [1.165, 1.54) is 0 Å². The maximum absolute atomic E-state index is 12.3. The average molecular weight is 276 g/mol. The molecule has 2 aromatic carbocycles. The van der Waals surface area contributed by atoms with Gasteiger partial charge in [-0.05, 0) is 29.7 Å². The summed E-state index contributed by atoms with van der Waals surface area (Å²) in [5.74, 6) is 0.137. The first-order valence-corrected chi connectivity index (χ1v) is 6.65. The third-order valence-corrected chi connectivity index (χ3v) is 3.71. The van der Waals surface area contributed by atoms with Gasteiger partial charge in [0, 0.05) is 34.3 Å². The molecule has 0 amide bonds. The van der Waals surface area contributed by atoms with E-state index in [-0.39, 0.29) is 11.3 Å². The number of aromatic amines is 2. The quantitative estimate of drug-likeness (QED) is 0.499. The van der Waals surface area contributed by atoms with Crippen LogP contribution in [-0.4, -0.2) is 15.1 Å². The van der Waals surface area contributed by atoms with Crippen LogP contribution in [0.4, 0.5) is 0 Å². The number of nitrogens with one attached hydrogen (secondary N) is 2. The molecule has 4 aromatic rings. The highest BCUT2D eigenvalue weighted by atomic mass is 16.3. The van der Waals surface area contributed by atoms with E-state index in [9.17, 15) is 9.90 Å². The number of phenols is 1. The second kappa shape index (κ2) is 4.24. The van der Waals surface area contributed by atoms with Crippen molar-refractivity contribution in [2.24, 2.45) is 0 Å². The Morgan fingerprint density at radius 2 is 1.76 bits per heavy atom. The van der Waals surface area contributed by atoms with Crippen LogP contribution in [0.3, 0.4) is 0 Å². The Morgan fingerprint density at radius 3 is 2.67 bits per heavy atom. The van der Waals surface area contributed by atoms with Crippen LogP contribution in [0.25, 0.3) is 32.9 Å². The lowest BCUT2D eigenvalue weighted by atomic mass is 10.0. The SMILES string of the molecule is O=c1[nH]c2cc(O)ccc2cc1-c1c[nH]c2ccccc12. The van der Waals surface area contributed by atoms with E-state index in [1.54, 1.807) is 18.2 Å². The van der Waals surface area contributed by atoms with Crippen molar-refractivity contribution >= 4 is 21.8 Å². The fourth-order valence-corrected chi connectivity index (χ4v) is 2.68. The summed E-state index contributed by atoms with van der Waals surface area (Å²) in [5, 5.41) is 11.4. The normalized spacial score (nSPS) is 11.2. The van der Waals surface area contributed by atoms with Crippen molar-refractivity contribution in [2.45, 2.75) is 0 Å². The Labute approximate surface area is 119 Å². The van der Waals surface area contributed by atoms with Gasteiger partial charge in [-0.1, -0.05) is 18.2 Å². The van der Waals surface area contributed by atoms with Gasteiger partial charge in [-0.3, -0.25) is 4.79 Å². The number of aromatic hydroxyl groups is 1. The number of aromatic nitrogens is 2. The van der Waals surface area contributed by atoms with E-state index < -0.39 is 0 Å². The molecule has 4 rings (SSSR count). The second-order valence-corrected chi connectivity index (χ2v) is 5.03. The fourth-order valence-electron chi connectivity index (χ4n) is 2.68. The highest BCUT2D eigenvalue weighted by Gasteiger charge is 2.10. The van der Waals surface area contributed by atoms with E-state index in [0.29, 0.717) is 11.1 Å². The van der Waals surface area contributed by atoms with Crippen LogP contribution in [0.2, 0.25) is 0 Å². The first-order valence-electron chi connectivity index (χ1n) is 6.65. The summed E-state index contributed by atoms with van der Waals surface area (Å²) in [6, 6.07) is 14.7. The Balaban J connectivity index is 2.04. The number of fused-ring (bicyclic) bond motifs is 2. The summed E-state index contributed by atoms with van der Waals surface area (Å²) in [4.78, 5) is 18.3. The minimum absolute atomic E-state index is 0.137. The van der Waals surface area contributed by atoms with Crippen LogP contribution < -0.4 is 5.56 Å². The van der Waals surface area contributed by atoms with Crippen molar-refractivity contribution in [2.75, 3.05) is 0 Å². The Bertz CT molecular complexity index is 1030. The molecule has 0 atom stereocenters. The third kappa shape index (κ3) is 1.80. The predicted octanol–water partition coefficient (Wildman–Crippen LogP) is 3.38. The molecular weight excluding hydrogens is 264 g/mol. The fraction of sp³-hybridized carbons (Fsp3) is 0. The molecule has 102 valence electrons. The van der Waals surface area contributed by atoms with Gasteiger partial charge < -0.3 is 15.1 Å². The molecule has 0 aliphatic carbocycles. The summed E-state index contributed by atoms with van der Waals surface area (Å²) in [7, 11) is 0. The molecule has 0 saturated carbocycles. The van der Waals surface area contributed by atoms with Crippen molar-refractivity contribution in [1.82, 2.24) is 9.97 Å². The van der Waals surface area contributed by atoms with Crippen molar-refractivity contribution in [3.05, 3.63) is 65.1 Å². The minimum Gasteiger partial charge on any atom is -0.508 e. The molecule has 4 nitrogen and oxygen atoms in total. The number of pyridine rings is 1. The van der Waals surface area contributed by atoms with E-state index in [0.717, 1.165) is 21.9 Å². The first kappa shape index (κ1) is 11.8. The molecule has 0 aliphatic heterocycles. The number of H-pyrrole nitrogens is 2. The molecule has 0 fully saturated rings. The van der Waals surface area contributed by atoms with Crippen molar-refractivity contribution in [3.63, 3.8) is 0 Å². The van der Waals surface area contributed by atoms with Gasteiger partial charge in [0.25, 0.3) is 5.56 Å². The summed E-state index contributed by atoms with van der Waals surface area (Å²) >= 11 is 0. The van der Waals surface area contributed by atoms with E-state index in [2.05, 4.69) is 9.97 Å². The summed E-state index contributed by atoms with van der Waals surface area (Å²) in [5.41, 5.74) is 2.95. The first-order chi connectivity index (χ1) is 10.2. The number of phenolic OH excluding ortho intramolecular Hbond substituents is 1. The maximum Gasteiger partial charge on any atom is 0.256 e. The molecular formula is C17H12N2O2. The molecule has 0 radical (unpaired) electrons. The monoisotopic (exact) mass is 276 g/mol. The maximum atomic E-state index is 12.3. The highest BCUT2D eigenvalue weighted by molar-refractivity contribution is 5.97. The van der Waals surface area contributed by atoms with E-state index in [4.69, 9.17) is 0 Å². The lowest BCUT2D eigenvalue weighted by Gasteiger charge is -2.03. The van der Waals surface area contributed by atoms with Crippen LogP contribution >= 0.6 is 0 Å². The van der Waals surface area contributed by atoms with Crippen molar-refractivity contribution < 1.29 is 5.11 Å². The van der Waals surface area contributed by atoms with Gasteiger partial charge >= 0.3 is 0 Å². The Kier molecular flexibility index (Phi) is 2.38. The van der Waals surface area contributed by atoms with Crippen molar-refractivity contribution in [3.8, 4) is 16.9 Å². The summed E-state index contributed by atoms with van der Waals surface area (Å²) < 4.78 is 0. The Hall–Kier alpha value is -3.01. The lowest BCUT2D eigenvalue weighted by Crippen LogP contribution is -2.08. The van der Waals surface area contributed by atoms with Crippen LogP contribution in [0.1, 0.15) is 0 Å². The molecule has 4 heteroatoms. The zero-order chi connectivity index (χ0) is 14.4.